The van der Waals surface area contributed by atoms with E-state index in [4.69, 9.17) is 4.74 Å². The van der Waals surface area contributed by atoms with E-state index in [2.05, 4.69) is 15.9 Å². The topological polar surface area (TPSA) is 85.6 Å². The van der Waals surface area contributed by atoms with E-state index in [-0.39, 0.29) is 33.8 Å². The summed E-state index contributed by atoms with van der Waals surface area (Å²) in [7, 11) is 0. The Morgan fingerprint density at radius 1 is 1.14 bits per heavy atom. The zero-order valence-corrected chi connectivity index (χ0v) is 21.5. The fourth-order valence-electron chi connectivity index (χ4n) is 6.98. The van der Waals surface area contributed by atoms with Crippen molar-refractivity contribution in [2.75, 3.05) is 0 Å². The van der Waals surface area contributed by atoms with E-state index in [0.717, 1.165) is 25.5 Å². The van der Waals surface area contributed by atoms with Gasteiger partial charge >= 0.3 is 16.8 Å². The fraction of sp³-hybridized carbons (Fsp3) is 0.346. The van der Waals surface area contributed by atoms with Crippen LogP contribution in [0.25, 0.3) is 0 Å². The standard InChI is InChI=1S/C26H20BrNO5S2/c27-12-6-7-16-13(8-12)17-18-14-9-15(19(24(29)30)20(14)25(31)33-16)21(18)34-23-22(17)35-26(32)28(23)10-11-4-2-1-3-5-11/h1-8,14-15,17-21H,9-10H2,(H,29,30)/t14-,15-,17+,18-,19-,20-,21-/m0/s1. The van der Waals surface area contributed by atoms with Gasteiger partial charge in [0.05, 0.1) is 23.4 Å². The average molecular weight is 570 g/mol. The lowest BCUT2D eigenvalue weighted by Gasteiger charge is -2.46. The van der Waals surface area contributed by atoms with Gasteiger partial charge < -0.3 is 9.84 Å². The van der Waals surface area contributed by atoms with Gasteiger partial charge in [-0.05, 0) is 47.9 Å². The zero-order valence-electron chi connectivity index (χ0n) is 18.3. The summed E-state index contributed by atoms with van der Waals surface area (Å²) in [6, 6.07) is 15.5. The van der Waals surface area contributed by atoms with Gasteiger partial charge in [-0.2, -0.15) is 0 Å². The molecule has 0 spiro atoms. The highest BCUT2D eigenvalue weighted by atomic mass is 79.9. The van der Waals surface area contributed by atoms with Crippen molar-refractivity contribution in [3.63, 3.8) is 0 Å². The van der Waals surface area contributed by atoms with Crippen LogP contribution in [0.5, 0.6) is 5.75 Å². The maximum absolute atomic E-state index is 13.3. The van der Waals surface area contributed by atoms with Crippen molar-refractivity contribution in [2.24, 2.45) is 29.6 Å². The number of thiazole rings is 1. The molecule has 2 aliphatic carbocycles. The second kappa shape index (κ2) is 7.82. The second-order valence-corrected chi connectivity index (χ2v) is 12.9. The van der Waals surface area contributed by atoms with E-state index in [1.165, 1.54) is 11.3 Å². The first kappa shape index (κ1) is 21.9. The molecule has 9 heteroatoms. The Labute approximate surface area is 217 Å². The van der Waals surface area contributed by atoms with E-state index in [1.54, 1.807) is 17.8 Å². The van der Waals surface area contributed by atoms with E-state index in [1.807, 2.05) is 47.0 Å². The van der Waals surface area contributed by atoms with Crippen LogP contribution in [-0.4, -0.2) is 26.9 Å². The number of fused-ring (bicyclic) bond motifs is 6. The summed E-state index contributed by atoms with van der Waals surface area (Å²) in [5.41, 5.74) is 1.94. The molecule has 0 saturated heterocycles. The van der Waals surface area contributed by atoms with Gasteiger partial charge in [-0.25, -0.2) is 0 Å². The Balaban J connectivity index is 1.45. The molecule has 2 aliphatic heterocycles. The maximum atomic E-state index is 13.3. The highest BCUT2D eigenvalue weighted by Gasteiger charge is 2.67. The Morgan fingerprint density at radius 2 is 1.94 bits per heavy atom. The van der Waals surface area contributed by atoms with Crippen LogP contribution in [0.3, 0.4) is 0 Å². The summed E-state index contributed by atoms with van der Waals surface area (Å²) >= 11 is 6.52. The summed E-state index contributed by atoms with van der Waals surface area (Å²) in [4.78, 5) is 39.9. The van der Waals surface area contributed by atoms with Crippen LogP contribution in [0.15, 0.2) is 62.8 Å². The summed E-state index contributed by atoms with van der Waals surface area (Å²) in [6.45, 7) is 0.474. The van der Waals surface area contributed by atoms with Gasteiger partial charge in [0.2, 0.25) is 0 Å². The predicted octanol–water partition coefficient (Wildman–Crippen LogP) is 4.83. The van der Waals surface area contributed by atoms with E-state index >= 15 is 0 Å². The molecule has 2 bridgehead atoms. The number of nitrogens with zero attached hydrogens (tertiary/aromatic N) is 1. The van der Waals surface area contributed by atoms with Gasteiger partial charge in [-0.1, -0.05) is 57.6 Å². The van der Waals surface area contributed by atoms with Gasteiger partial charge in [0.1, 0.15) is 5.75 Å². The minimum Gasteiger partial charge on any atom is -0.481 e. The molecule has 7 rings (SSSR count). The number of carboxylic acid groups (broad SMARTS) is 1. The summed E-state index contributed by atoms with van der Waals surface area (Å²) in [5, 5.41) is 11.1. The number of hydrogen-bond acceptors (Lipinski definition) is 6. The van der Waals surface area contributed by atoms with E-state index in [9.17, 15) is 19.5 Å². The molecule has 7 atom stereocenters. The molecular weight excluding hydrogens is 550 g/mol. The van der Waals surface area contributed by atoms with Gasteiger partial charge in [0.15, 0.2) is 0 Å². The molecule has 1 aromatic heterocycles. The smallest absolute Gasteiger partial charge is 0.315 e. The molecule has 2 saturated carbocycles. The number of benzene rings is 2. The number of ether oxygens (including phenoxy) is 1. The first-order valence-corrected chi connectivity index (χ1v) is 14.1. The molecular formula is C26H20BrNO5S2. The van der Waals surface area contributed by atoms with Crippen LogP contribution in [0.4, 0.5) is 0 Å². The Bertz CT molecular complexity index is 1450. The van der Waals surface area contributed by atoms with Gasteiger partial charge in [-0.15, -0.1) is 11.8 Å². The molecule has 0 amide bonds. The van der Waals surface area contributed by atoms with E-state index < -0.39 is 23.8 Å². The fourth-order valence-corrected chi connectivity index (χ4v) is 10.5. The Kier molecular flexibility index (Phi) is 4.89. The molecule has 4 aliphatic rings. The monoisotopic (exact) mass is 569 g/mol. The van der Waals surface area contributed by atoms with Crippen molar-refractivity contribution in [3.05, 3.63) is 78.7 Å². The highest BCUT2D eigenvalue weighted by molar-refractivity contribution is 9.10. The molecule has 1 N–H and O–H groups in total. The van der Waals surface area contributed by atoms with Crippen molar-refractivity contribution in [1.82, 2.24) is 4.57 Å². The van der Waals surface area contributed by atoms with Crippen molar-refractivity contribution in [3.8, 4) is 5.75 Å². The van der Waals surface area contributed by atoms with Crippen LogP contribution in [0.1, 0.15) is 28.3 Å². The normalized spacial score (nSPS) is 31.8. The molecule has 3 aromatic rings. The molecule has 2 aromatic carbocycles. The van der Waals surface area contributed by atoms with Crippen LogP contribution in [0, 0.1) is 29.6 Å². The summed E-state index contributed by atoms with van der Waals surface area (Å²) in [5.74, 6) is -2.53. The van der Waals surface area contributed by atoms with Crippen LogP contribution < -0.4 is 9.61 Å². The van der Waals surface area contributed by atoms with Gasteiger partial charge in [0, 0.05) is 26.1 Å². The van der Waals surface area contributed by atoms with Crippen molar-refractivity contribution < 1.29 is 19.4 Å². The third-order valence-corrected chi connectivity index (χ3v) is 11.5. The van der Waals surface area contributed by atoms with Gasteiger partial charge in [-0.3, -0.25) is 19.0 Å². The lowest BCUT2D eigenvalue weighted by molar-refractivity contribution is -0.156. The predicted molar refractivity (Wildman–Crippen MR) is 135 cm³/mol. The number of carbonyl (C=O) groups is 2. The first-order chi connectivity index (χ1) is 16.9. The lowest BCUT2D eigenvalue weighted by Crippen LogP contribution is -2.49. The average Bonchev–Trinajstić information content (AvgIpc) is 3.49. The minimum absolute atomic E-state index is 0.0133. The molecule has 178 valence electrons. The number of carbonyl (C=O) groups excluding carboxylic acids is 1. The molecule has 2 fully saturated rings. The van der Waals surface area contributed by atoms with Crippen molar-refractivity contribution in [1.29, 1.82) is 0 Å². The largest absolute Gasteiger partial charge is 0.481 e. The highest BCUT2D eigenvalue weighted by Crippen LogP contribution is 2.68. The zero-order chi connectivity index (χ0) is 24.0. The molecule has 3 heterocycles. The number of esters is 1. The molecule has 0 unspecified atom stereocenters. The van der Waals surface area contributed by atoms with Crippen molar-refractivity contribution in [2.45, 2.75) is 29.2 Å². The van der Waals surface area contributed by atoms with E-state index in [0.29, 0.717) is 18.7 Å². The number of halogens is 1. The third-order valence-electron chi connectivity index (χ3n) is 8.20. The number of carboxylic acids is 1. The maximum Gasteiger partial charge on any atom is 0.315 e. The third kappa shape index (κ3) is 3.10. The van der Waals surface area contributed by atoms with Crippen LogP contribution in [-0.2, 0) is 16.1 Å². The molecule has 0 radical (unpaired) electrons. The second-order valence-electron chi connectivity index (χ2n) is 9.80. The first-order valence-electron chi connectivity index (χ1n) is 11.6. The Morgan fingerprint density at radius 3 is 2.71 bits per heavy atom. The summed E-state index contributed by atoms with van der Waals surface area (Å²) in [6.07, 6.45) is 0.705. The number of thioether (sulfide) groups is 1. The van der Waals surface area contributed by atoms with Crippen LogP contribution >= 0.6 is 39.0 Å². The van der Waals surface area contributed by atoms with Gasteiger partial charge in [0.25, 0.3) is 0 Å². The lowest BCUT2D eigenvalue weighted by atomic mass is 9.66. The Hall–Kier alpha value is -2.36. The number of rotatable bonds is 3. The SMILES string of the molecule is O=C(O)[C@H]1[C@@H]2C[C@@H]3[C@@H]1C(=O)Oc1ccc(Br)cc1[C@H]1c4sc(=O)n(Cc5ccccc5)c4S[C@@H]2[C@H]13. The molecule has 35 heavy (non-hydrogen) atoms. The minimum atomic E-state index is -0.926. The van der Waals surface area contributed by atoms with Crippen LogP contribution in [0.2, 0.25) is 0 Å². The quantitative estimate of drug-likeness (QED) is 0.359. The molecule has 6 nitrogen and oxygen atoms in total. The number of aliphatic carboxylic acids is 1. The summed E-state index contributed by atoms with van der Waals surface area (Å²) < 4.78 is 8.61. The number of hydrogen-bond donors (Lipinski definition) is 1. The number of aromatic nitrogens is 1. The van der Waals surface area contributed by atoms with Crippen molar-refractivity contribution >= 4 is 51.0 Å².